The molecule has 0 spiro atoms. The number of nitrogens with one attached hydrogen (secondary N) is 1. The highest BCUT2D eigenvalue weighted by atomic mass is 32.2. The second-order valence-corrected chi connectivity index (χ2v) is 9.72. The minimum atomic E-state index is -0.921. The van der Waals surface area contributed by atoms with Crippen molar-refractivity contribution in [3.8, 4) is 11.1 Å². The quantitative estimate of drug-likeness (QED) is 0.558. The van der Waals surface area contributed by atoms with Crippen LogP contribution in [0.15, 0.2) is 48.5 Å². The number of ether oxygens (including phenoxy) is 1. The molecular formula is C26H30N2O5S. The second kappa shape index (κ2) is 11.0. The van der Waals surface area contributed by atoms with Crippen LogP contribution >= 0.6 is 11.8 Å². The molecule has 0 aromatic heterocycles. The Balaban J connectivity index is 1.42. The summed E-state index contributed by atoms with van der Waals surface area (Å²) in [4.78, 5) is 38.8. The summed E-state index contributed by atoms with van der Waals surface area (Å²) in [6.45, 7) is 0.688. The van der Waals surface area contributed by atoms with E-state index < -0.39 is 18.1 Å². The molecule has 1 heterocycles. The van der Waals surface area contributed by atoms with E-state index in [1.54, 1.807) is 16.7 Å². The number of nitrogens with zero attached hydrogens (tertiary/aromatic N) is 1. The van der Waals surface area contributed by atoms with Crippen molar-refractivity contribution in [2.45, 2.75) is 43.7 Å². The van der Waals surface area contributed by atoms with Gasteiger partial charge in [0.25, 0.3) is 0 Å². The molecule has 34 heavy (non-hydrogen) atoms. The van der Waals surface area contributed by atoms with E-state index in [0.717, 1.165) is 28.7 Å². The third kappa shape index (κ3) is 5.22. The van der Waals surface area contributed by atoms with Crippen molar-refractivity contribution in [3.05, 3.63) is 59.7 Å². The number of fused-ring (bicyclic) bond motifs is 3. The number of thioether (sulfide) groups is 1. The van der Waals surface area contributed by atoms with Crippen LogP contribution in [0, 0.1) is 0 Å². The van der Waals surface area contributed by atoms with Gasteiger partial charge in [-0.25, -0.2) is 4.79 Å². The van der Waals surface area contributed by atoms with Gasteiger partial charge in [-0.2, -0.15) is 11.8 Å². The van der Waals surface area contributed by atoms with Crippen LogP contribution in [0.1, 0.15) is 42.7 Å². The third-order valence-electron chi connectivity index (χ3n) is 6.61. The minimum Gasteiger partial charge on any atom is -0.481 e. The Bertz CT molecular complexity index is 1010. The van der Waals surface area contributed by atoms with Crippen molar-refractivity contribution in [1.29, 1.82) is 0 Å². The molecule has 180 valence electrons. The molecule has 2 aromatic rings. The van der Waals surface area contributed by atoms with Crippen LogP contribution in [0.4, 0.5) is 4.79 Å². The number of hydrogen-bond acceptors (Lipinski definition) is 5. The molecule has 2 aromatic carbocycles. The predicted octanol–water partition coefficient (Wildman–Crippen LogP) is 4.11. The molecule has 2 aliphatic rings. The smallest absolute Gasteiger partial charge is 0.407 e. The Morgan fingerprint density at radius 1 is 1.12 bits per heavy atom. The van der Waals surface area contributed by atoms with Crippen LogP contribution < -0.4 is 5.32 Å². The summed E-state index contributed by atoms with van der Waals surface area (Å²) >= 11 is 1.59. The van der Waals surface area contributed by atoms with Gasteiger partial charge in [0.15, 0.2) is 0 Å². The molecule has 0 radical (unpaired) electrons. The first kappa shape index (κ1) is 24.1. The summed E-state index contributed by atoms with van der Waals surface area (Å²) in [7, 11) is 0. The highest BCUT2D eigenvalue weighted by Crippen LogP contribution is 2.44. The maximum atomic E-state index is 13.2. The Hall–Kier alpha value is -3.00. The predicted molar refractivity (Wildman–Crippen MR) is 132 cm³/mol. The summed E-state index contributed by atoms with van der Waals surface area (Å²) in [6.07, 6.45) is 3.13. The molecular weight excluding hydrogens is 452 g/mol. The molecule has 1 fully saturated rings. The van der Waals surface area contributed by atoms with E-state index in [0.29, 0.717) is 25.1 Å². The normalized spacial score (nSPS) is 17.7. The zero-order valence-electron chi connectivity index (χ0n) is 19.2. The van der Waals surface area contributed by atoms with Gasteiger partial charge < -0.3 is 20.1 Å². The van der Waals surface area contributed by atoms with Crippen LogP contribution in [0.25, 0.3) is 11.1 Å². The highest BCUT2D eigenvalue weighted by molar-refractivity contribution is 7.98. The molecule has 0 bridgehead atoms. The van der Waals surface area contributed by atoms with E-state index in [9.17, 15) is 19.5 Å². The molecule has 1 aliphatic heterocycles. The molecule has 1 aliphatic carbocycles. The highest BCUT2D eigenvalue weighted by Gasteiger charge is 2.35. The lowest BCUT2D eigenvalue weighted by atomic mass is 9.98. The maximum Gasteiger partial charge on any atom is 0.407 e. The lowest BCUT2D eigenvalue weighted by Crippen LogP contribution is -2.50. The van der Waals surface area contributed by atoms with Crippen molar-refractivity contribution < 1.29 is 24.2 Å². The van der Waals surface area contributed by atoms with Crippen molar-refractivity contribution in [3.63, 3.8) is 0 Å². The number of rotatable bonds is 9. The fraction of sp³-hybridized carbons (Fsp3) is 0.423. The Kier molecular flexibility index (Phi) is 7.77. The standard InChI is InChI=1S/C26H30N2O5S/c1-34-14-12-23(25(31)28-13-6-7-17(28)15-24(29)30)27-26(32)33-16-22-20-10-4-2-8-18(20)19-9-3-5-11-21(19)22/h2-5,8-11,17,22-23H,6-7,12-16H2,1H3,(H,27,32)(H,29,30)/t17-,23?/m1/s1. The first-order valence-corrected chi connectivity index (χ1v) is 13.0. The van der Waals surface area contributed by atoms with Gasteiger partial charge in [-0.15, -0.1) is 0 Å². The molecule has 7 nitrogen and oxygen atoms in total. The molecule has 1 unspecified atom stereocenters. The number of carboxylic acids is 1. The van der Waals surface area contributed by atoms with Crippen LogP contribution in [-0.2, 0) is 14.3 Å². The average Bonchev–Trinajstić information content (AvgIpc) is 3.42. The number of carbonyl (C=O) groups excluding carboxylic acids is 2. The van der Waals surface area contributed by atoms with Crippen LogP contribution in [0.3, 0.4) is 0 Å². The van der Waals surface area contributed by atoms with Gasteiger partial charge in [0.2, 0.25) is 5.91 Å². The monoisotopic (exact) mass is 482 g/mol. The first-order valence-electron chi connectivity index (χ1n) is 11.6. The average molecular weight is 483 g/mol. The van der Waals surface area contributed by atoms with Gasteiger partial charge >= 0.3 is 12.1 Å². The first-order chi connectivity index (χ1) is 16.5. The summed E-state index contributed by atoms with van der Waals surface area (Å²) in [5.74, 6) is -0.518. The second-order valence-electron chi connectivity index (χ2n) is 8.73. The summed E-state index contributed by atoms with van der Waals surface area (Å²) in [5, 5.41) is 11.9. The number of benzene rings is 2. The van der Waals surface area contributed by atoms with Crippen molar-refractivity contribution >= 4 is 29.7 Å². The van der Waals surface area contributed by atoms with Crippen molar-refractivity contribution in [2.24, 2.45) is 0 Å². The van der Waals surface area contributed by atoms with Crippen molar-refractivity contribution in [1.82, 2.24) is 10.2 Å². The SMILES string of the molecule is CSCCC(NC(=O)OCC1c2ccccc2-c2ccccc21)C(=O)N1CCC[C@@H]1CC(=O)O. The topological polar surface area (TPSA) is 95.9 Å². The van der Waals surface area contributed by atoms with E-state index >= 15 is 0 Å². The van der Waals surface area contributed by atoms with E-state index in [4.69, 9.17) is 4.74 Å². The van der Waals surface area contributed by atoms with Gasteiger partial charge in [0, 0.05) is 18.5 Å². The number of amides is 2. The van der Waals surface area contributed by atoms with Crippen LogP contribution in [0.2, 0.25) is 0 Å². The van der Waals surface area contributed by atoms with E-state index in [-0.39, 0.29) is 30.9 Å². The molecule has 8 heteroatoms. The molecule has 2 atom stereocenters. The lowest BCUT2D eigenvalue weighted by Gasteiger charge is -2.28. The van der Waals surface area contributed by atoms with Gasteiger partial charge in [-0.1, -0.05) is 48.5 Å². The van der Waals surface area contributed by atoms with Gasteiger partial charge in [0.1, 0.15) is 12.6 Å². The number of likely N-dealkylation sites (tertiary alicyclic amines) is 1. The zero-order chi connectivity index (χ0) is 24.1. The number of carboxylic acid groups (broad SMARTS) is 1. The van der Waals surface area contributed by atoms with E-state index in [1.165, 1.54) is 0 Å². The third-order valence-corrected chi connectivity index (χ3v) is 7.26. The van der Waals surface area contributed by atoms with E-state index in [1.807, 2.05) is 30.5 Å². The lowest BCUT2D eigenvalue weighted by molar-refractivity contribution is -0.140. The fourth-order valence-corrected chi connectivity index (χ4v) is 5.49. The molecule has 4 rings (SSSR count). The van der Waals surface area contributed by atoms with Crippen LogP contribution in [0.5, 0.6) is 0 Å². The molecule has 1 saturated heterocycles. The number of hydrogen-bond donors (Lipinski definition) is 2. The molecule has 2 amide bonds. The number of aliphatic carboxylic acids is 1. The maximum absolute atomic E-state index is 13.2. The fourth-order valence-electron chi connectivity index (χ4n) is 5.02. The Labute approximate surface area is 203 Å². The largest absolute Gasteiger partial charge is 0.481 e. The van der Waals surface area contributed by atoms with Gasteiger partial charge in [-0.3, -0.25) is 9.59 Å². The Morgan fingerprint density at radius 3 is 2.38 bits per heavy atom. The van der Waals surface area contributed by atoms with E-state index in [2.05, 4.69) is 29.6 Å². The van der Waals surface area contributed by atoms with Gasteiger partial charge in [-0.05, 0) is 53.5 Å². The van der Waals surface area contributed by atoms with Gasteiger partial charge in [0.05, 0.1) is 6.42 Å². The zero-order valence-corrected chi connectivity index (χ0v) is 20.1. The van der Waals surface area contributed by atoms with Crippen molar-refractivity contribution in [2.75, 3.05) is 25.2 Å². The minimum absolute atomic E-state index is 0.0583. The Morgan fingerprint density at radius 2 is 1.76 bits per heavy atom. The molecule has 0 saturated carbocycles. The summed E-state index contributed by atoms with van der Waals surface area (Å²) in [5.41, 5.74) is 4.55. The summed E-state index contributed by atoms with van der Waals surface area (Å²) < 4.78 is 5.63. The van der Waals surface area contributed by atoms with Crippen LogP contribution in [-0.4, -0.2) is 65.2 Å². The molecule has 2 N–H and O–H groups in total. The number of alkyl carbamates (subject to hydrolysis) is 1. The number of carbonyl (C=O) groups is 3. The summed E-state index contributed by atoms with van der Waals surface area (Å²) in [6, 6.07) is 15.2.